The fourth-order valence-electron chi connectivity index (χ4n) is 2.79. The van der Waals surface area contributed by atoms with Crippen LogP contribution in [0.3, 0.4) is 0 Å². The van der Waals surface area contributed by atoms with Crippen molar-refractivity contribution in [1.29, 1.82) is 0 Å². The molecule has 0 radical (unpaired) electrons. The van der Waals surface area contributed by atoms with Crippen LogP contribution >= 0.6 is 0 Å². The number of piperazine rings is 1. The first-order valence-corrected chi connectivity index (χ1v) is 6.83. The summed E-state index contributed by atoms with van der Waals surface area (Å²) in [6.45, 7) is 7.22. The van der Waals surface area contributed by atoms with Gasteiger partial charge in [0.2, 0.25) is 0 Å². The maximum Gasteiger partial charge on any atom is 0.163 e. The Labute approximate surface area is 112 Å². The Morgan fingerprint density at radius 3 is 3.05 bits per heavy atom. The number of rotatable bonds is 2. The molecule has 3 heterocycles. The highest BCUT2D eigenvalue weighted by Gasteiger charge is 2.22. The summed E-state index contributed by atoms with van der Waals surface area (Å²) in [5.74, 6) is 1.02. The van der Waals surface area contributed by atoms with Crippen LogP contribution in [0.5, 0.6) is 0 Å². The van der Waals surface area contributed by atoms with Gasteiger partial charge in [0.1, 0.15) is 12.1 Å². The van der Waals surface area contributed by atoms with E-state index < -0.39 is 0 Å². The zero-order chi connectivity index (χ0) is 13.4. The highest BCUT2D eigenvalue weighted by molar-refractivity contribution is 5.89. The molecule has 1 atom stereocenters. The fraction of sp³-hybridized carbons (Fsp3) is 0.615. The summed E-state index contributed by atoms with van der Waals surface area (Å²) in [6, 6.07) is 0.538. The fourth-order valence-corrected chi connectivity index (χ4v) is 2.79. The number of nitrogens with one attached hydrogen (secondary N) is 1. The molecule has 0 aliphatic carbocycles. The number of aryl methyl sites for hydroxylation is 2. The van der Waals surface area contributed by atoms with Crippen molar-refractivity contribution in [3.63, 3.8) is 0 Å². The Morgan fingerprint density at radius 2 is 2.26 bits per heavy atom. The van der Waals surface area contributed by atoms with E-state index in [2.05, 4.69) is 32.2 Å². The number of nitrogens with zero attached hydrogens (tertiary/aromatic N) is 5. The largest absolute Gasteiger partial charge is 0.353 e. The molecule has 0 aromatic carbocycles. The van der Waals surface area contributed by atoms with Gasteiger partial charge in [0, 0.05) is 32.7 Å². The van der Waals surface area contributed by atoms with E-state index in [1.54, 1.807) is 6.33 Å². The minimum Gasteiger partial charge on any atom is -0.353 e. The van der Waals surface area contributed by atoms with Crippen molar-refractivity contribution in [3.8, 4) is 0 Å². The van der Waals surface area contributed by atoms with Gasteiger partial charge in [-0.05, 0) is 13.3 Å². The van der Waals surface area contributed by atoms with E-state index in [0.29, 0.717) is 6.04 Å². The topological polar surface area (TPSA) is 58.9 Å². The van der Waals surface area contributed by atoms with Crippen LogP contribution in [0.2, 0.25) is 0 Å². The average molecular weight is 260 g/mol. The van der Waals surface area contributed by atoms with Gasteiger partial charge >= 0.3 is 0 Å². The molecule has 1 aliphatic rings. The average Bonchev–Trinajstić information content (AvgIpc) is 2.74. The Morgan fingerprint density at radius 1 is 1.42 bits per heavy atom. The molecule has 1 unspecified atom stereocenters. The summed E-state index contributed by atoms with van der Waals surface area (Å²) in [5, 5.41) is 9.07. The molecule has 0 spiro atoms. The van der Waals surface area contributed by atoms with Crippen LogP contribution in [0, 0.1) is 6.92 Å². The van der Waals surface area contributed by atoms with Crippen molar-refractivity contribution in [3.05, 3.63) is 12.0 Å². The molecule has 0 amide bonds. The van der Waals surface area contributed by atoms with Gasteiger partial charge in [-0.15, -0.1) is 0 Å². The van der Waals surface area contributed by atoms with Gasteiger partial charge in [0.15, 0.2) is 5.65 Å². The molecule has 0 saturated carbocycles. The molecule has 6 nitrogen and oxygen atoms in total. The second-order valence-corrected chi connectivity index (χ2v) is 5.11. The molecule has 0 bridgehead atoms. The van der Waals surface area contributed by atoms with Crippen LogP contribution in [0.25, 0.3) is 11.0 Å². The van der Waals surface area contributed by atoms with Crippen molar-refractivity contribution in [2.45, 2.75) is 26.3 Å². The number of hydrogen-bond acceptors (Lipinski definition) is 5. The van der Waals surface area contributed by atoms with Gasteiger partial charge < -0.3 is 10.2 Å². The van der Waals surface area contributed by atoms with Crippen LogP contribution in [0.4, 0.5) is 5.82 Å². The second kappa shape index (κ2) is 4.77. The summed E-state index contributed by atoms with van der Waals surface area (Å²) in [5.41, 5.74) is 1.91. The Bertz CT molecular complexity index is 590. The van der Waals surface area contributed by atoms with Gasteiger partial charge in [-0.2, -0.15) is 5.10 Å². The first-order chi connectivity index (χ1) is 9.20. The number of hydrogen-bond donors (Lipinski definition) is 1. The van der Waals surface area contributed by atoms with Gasteiger partial charge in [-0.3, -0.25) is 4.68 Å². The van der Waals surface area contributed by atoms with Crippen molar-refractivity contribution in [1.82, 2.24) is 25.1 Å². The lowest BCUT2D eigenvalue weighted by Crippen LogP contribution is -2.50. The van der Waals surface area contributed by atoms with Crippen molar-refractivity contribution in [2.24, 2.45) is 7.05 Å². The predicted molar refractivity (Wildman–Crippen MR) is 75.3 cm³/mol. The molecule has 1 N–H and O–H groups in total. The second-order valence-electron chi connectivity index (χ2n) is 5.11. The summed E-state index contributed by atoms with van der Waals surface area (Å²) in [6.07, 6.45) is 2.78. The molecule has 6 heteroatoms. The standard InChI is InChI=1S/C13H20N6/c1-4-10-7-19(6-5-14-10)13-11-9(2)17-18(3)12(11)15-8-16-13/h8,10,14H,4-7H2,1-3H3. The van der Waals surface area contributed by atoms with Gasteiger partial charge in [-0.1, -0.05) is 6.92 Å². The van der Waals surface area contributed by atoms with E-state index in [1.165, 1.54) is 0 Å². The Hall–Kier alpha value is -1.69. The molecule has 102 valence electrons. The normalized spacial score (nSPS) is 20.2. The third-order valence-corrected chi connectivity index (χ3v) is 3.82. The third-order valence-electron chi connectivity index (χ3n) is 3.82. The number of fused-ring (bicyclic) bond motifs is 1. The van der Waals surface area contributed by atoms with Gasteiger partial charge in [0.05, 0.1) is 11.1 Å². The zero-order valence-electron chi connectivity index (χ0n) is 11.7. The van der Waals surface area contributed by atoms with Crippen molar-refractivity contribution in [2.75, 3.05) is 24.5 Å². The zero-order valence-corrected chi connectivity index (χ0v) is 11.7. The molecule has 3 rings (SSSR count). The summed E-state index contributed by atoms with van der Waals surface area (Å²) in [4.78, 5) is 11.2. The third kappa shape index (κ3) is 2.06. The lowest BCUT2D eigenvalue weighted by Gasteiger charge is -2.34. The summed E-state index contributed by atoms with van der Waals surface area (Å²) in [7, 11) is 1.93. The molecular formula is C13H20N6. The monoisotopic (exact) mass is 260 g/mol. The number of aromatic nitrogens is 4. The minimum absolute atomic E-state index is 0.538. The quantitative estimate of drug-likeness (QED) is 0.868. The van der Waals surface area contributed by atoms with E-state index in [0.717, 1.165) is 48.6 Å². The maximum absolute atomic E-state index is 4.51. The first kappa shape index (κ1) is 12.3. The van der Waals surface area contributed by atoms with E-state index in [-0.39, 0.29) is 0 Å². The lowest BCUT2D eigenvalue weighted by atomic mass is 10.1. The molecule has 19 heavy (non-hydrogen) atoms. The SMILES string of the molecule is CCC1CN(c2ncnc3c2c(C)nn3C)CCN1. The number of anilines is 1. The summed E-state index contributed by atoms with van der Waals surface area (Å²) < 4.78 is 1.83. The van der Waals surface area contributed by atoms with E-state index in [1.807, 2.05) is 18.7 Å². The van der Waals surface area contributed by atoms with Gasteiger partial charge in [0.25, 0.3) is 0 Å². The molecule has 2 aromatic rings. The molecule has 1 saturated heterocycles. The van der Waals surface area contributed by atoms with Crippen LogP contribution in [-0.4, -0.2) is 45.4 Å². The first-order valence-electron chi connectivity index (χ1n) is 6.83. The predicted octanol–water partition coefficient (Wildman–Crippen LogP) is 0.860. The minimum atomic E-state index is 0.538. The van der Waals surface area contributed by atoms with Crippen molar-refractivity contribution < 1.29 is 0 Å². The van der Waals surface area contributed by atoms with Crippen LogP contribution in [0.1, 0.15) is 19.0 Å². The van der Waals surface area contributed by atoms with E-state index >= 15 is 0 Å². The van der Waals surface area contributed by atoms with Gasteiger partial charge in [-0.25, -0.2) is 9.97 Å². The van der Waals surface area contributed by atoms with Crippen LogP contribution in [0.15, 0.2) is 6.33 Å². The lowest BCUT2D eigenvalue weighted by molar-refractivity contribution is 0.445. The van der Waals surface area contributed by atoms with Crippen molar-refractivity contribution >= 4 is 16.9 Å². The summed E-state index contributed by atoms with van der Waals surface area (Å²) >= 11 is 0. The Kier molecular flexibility index (Phi) is 3.10. The smallest absolute Gasteiger partial charge is 0.163 e. The van der Waals surface area contributed by atoms with Crippen LogP contribution < -0.4 is 10.2 Å². The molecule has 2 aromatic heterocycles. The molecule has 1 aliphatic heterocycles. The molecule has 1 fully saturated rings. The van der Waals surface area contributed by atoms with Crippen LogP contribution in [-0.2, 0) is 7.05 Å². The Balaban J connectivity index is 2.05. The highest BCUT2D eigenvalue weighted by Crippen LogP contribution is 2.26. The maximum atomic E-state index is 4.51. The van der Waals surface area contributed by atoms with E-state index in [4.69, 9.17) is 0 Å². The highest BCUT2D eigenvalue weighted by atomic mass is 15.3. The van der Waals surface area contributed by atoms with E-state index in [9.17, 15) is 0 Å². The molecular weight excluding hydrogens is 240 g/mol.